The zero-order valence-corrected chi connectivity index (χ0v) is 10.9. The monoisotopic (exact) mass is 293 g/mol. The van der Waals surface area contributed by atoms with Crippen LogP contribution in [-0.4, -0.2) is 15.0 Å². The molecule has 0 saturated carbocycles. The Labute approximate surface area is 105 Å². The van der Waals surface area contributed by atoms with E-state index in [0.717, 1.165) is 31.9 Å². The highest BCUT2D eigenvalue weighted by Gasteiger charge is 2.11. The number of aryl methyl sites for hydroxylation is 1. The lowest BCUT2D eigenvalue weighted by atomic mass is 10.3. The van der Waals surface area contributed by atoms with Crippen LogP contribution in [0.4, 0.5) is 0 Å². The Balaban J connectivity index is 2.27. The zero-order chi connectivity index (χ0) is 11.1. The van der Waals surface area contributed by atoms with E-state index in [2.05, 4.69) is 37.8 Å². The van der Waals surface area contributed by atoms with E-state index in [1.165, 1.54) is 0 Å². The highest BCUT2D eigenvalue weighted by molar-refractivity contribution is 9.10. The van der Waals surface area contributed by atoms with E-state index in [1.807, 2.05) is 17.5 Å². The predicted octanol–water partition coefficient (Wildman–Crippen LogP) is 3.76. The highest BCUT2D eigenvalue weighted by atomic mass is 79.9. The lowest BCUT2D eigenvalue weighted by Crippen LogP contribution is -1.78. The van der Waals surface area contributed by atoms with Crippen LogP contribution in [0.2, 0.25) is 0 Å². The van der Waals surface area contributed by atoms with Gasteiger partial charge in [-0.2, -0.15) is 0 Å². The molecule has 1 N–H and O–H groups in total. The fourth-order valence-corrected chi connectivity index (χ4v) is 3.11. The minimum Gasteiger partial charge on any atom is -0.336 e. The second kappa shape index (κ2) is 3.68. The minimum absolute atomic E-state index is 0.773. The molecule has 0 bridgehead atoms. The number of nitrogens with one attached hydrogen (secondary N) is 1. The Morgan fingerprint density at radius 2 is 2.25 bits per heavy atom. The summed E-state index contributed by atoms with van der Waals surface area (Å²) >= 11 is 5.16. The van der Waals surface area contributed by atoms with Crippen LogP contribution >= 0.6 is 27.3 Å². The van der Waals surface area contributed by atoms with Gasteiger partial charge in [-0.15, -0.1) is 11.3 Å². The molecule has 3 rings (SSSR count). The molecule has 3 aromatic heterocycles. The molecular formula is C11H8BrN3S. The summed E-state index contributed by atoms with van der Waals surface area (Å²) in [6.07, 6.45) is 1.78. The van der Waals surface area contributed by atoms with Gasteiger partial charge in [-0.25, -0.2) is 9.97 Å². The highest BCUT2D eigenvalue weighted by Crippen LogP contribution is 2.32. The quantitative estimate of drug-likeness (QED) is 0.742. The number of halogens is 1. The fraction of sp³-hybridized carbons (Fsp3) is 0.0909. The third-order valence-corrected chi connectivity index (χ3v) is 4.28. The maximum atomic E-state index is 4.49. The zero-order valence-electron chi connectivity index (χ0n) is 8.49. The van der Waals surface area contributed by atoms with Gasteiger partial charge in [-0.05, 0) is 45.9 Å². The number of H-pyrrole nitrogens is 1. The smallest absolute Gasteiger partial charge is 0.178 e. The third-order valence-electron chi connectivity index (χ3n) is 2.43. The molecule has 0 spiro atoms. The minimum atomic E-state index is 0.773. The summed E-state index contributed by atoms with van der Waals surface area (Å²) in [5, 5.41) is 2.03. The first-order chi connectivity index (χ1) is 7.75. The third kappa shape index (κ3) is 1.47. The number of hydrogen-bond donors (Lipinski definition) is 1. The van der Waals surface area contributed by atoms with E-state index >= 15 is 0 Å². The van der Waals surface area contributed by atoms with E-state index in [4.69, 9.17) is 0 Å². The van der Waals surface area contributed by atoms with Crippen LogP contribution in [0.15, 0.2) is 28.2 Å². The van der Waals surface area contributed by atoms with E-state index in [9.17, 15) is 0 Å². The summed E-state index contributed by atoms with van der Waals surface area (Å²) < 4.78 is 1.06. The van der Waals surface area contributed by atoms with Crippen molar-refractivity contribution in [3.8, 4) is 10.7 Å². The van der Waals surface area contributed by atoms with Crippen molar-refractivity contribution in [1.82, 2.24) is 15.0 Å². The van der Waals surface area contributed by atoms with Crippen molar-refractivity contribution in [2.45, 2.75) is 6.92 Å². The predicted molar refractivity (Wildman–Crippen MR) is 69.6 cm³/mol. The number of aromatic nitrogens is 3. The Morgan fingerprint density at radius 1 is 1.38 bits per heavy atom. The average Bonchev–Trinajstić information content (AvgIpc) is 2.84. The summed E-state index contributed by atoms with van der Waals surface area (Å²) in [7, 11) is 0. The first-order valence-electron chi connectivity index (χ1n) is 4.80. The number of aromatic amines is 1. The average molecular weight is 294 g/mol. The molecule has 3 heterocycles. The molecule has 0 aliphatic rings. The Morgan fingerprint density at radius 3 is 2.94 bits per heavy atom. The standard InChI is InChI=1S/C11H8BrN3S/c1-6-2-4-13-10-8(6)14-11(15-10)9-7(12)3-5-16-9/h2-5H,1H3,(H,13,14,15). The molecule has 0 atom stereocenters. The largest absolute Gasteiger partial charge is 0.336 e. The summed E-state index contributed by atoms with van der Waals surface area (Å²) in [5.74, 6) is 0.874. The van der Waals surface area contributed by atoms with Gasteiger partial charge in [0.25, 0.3) is 0 Å². The molecule has 0 saturated heterocycles. The maximum absolute atomic E-state index is 4.49. The van der Waals surface area contributed by atoms with Gasteiger partial charge in [0.15, 0.2) is 11.5 Å². The maximum Gasteiger partial charge on any atom is 0.178 e. The molecular weight excluding hydrogens is 286 g/mol. The van der Waals surface area contributed by atoms with E-state index in [-0.39, 0.29) is 0 Å². The van der Waals surface area contributed by atoms with Gasteiger partial charge in [0.1, 0.15) is 0 Å². The van der Waals surface area contributed by atoms with Gasteiger partial charge in [0.2, 0.25) is 0 Å². The molecule has 0 aromatic carbocycles. The number of hydrogen-bond acceptors (Lipinski definition) is 3. The van der Waals surface area contributed by atoms with E-state index in [1.54, 1.807) is 17.5 Å². The number of rotatable bonds is 1. The Kier molecular flexibility index (Phi) is 2.29. The van der Waals surface area contributed by atoms with Crippen LogP contribution < -0.4 is 0 Å². The Bertz CT molecular complexity index is 656. The molecule has 0 aliphatic heterocycles. The van der Waals surface area contributed by atoms with Crippen molar-refractivity contribution in [1.29, 1.82) is 0 Å². The summed E-state index contributed by atoms with van der Waals surface area (Å²) in [6, 6.07) is 4.00. The first-order valence-corrected chi connectivity index (χ1v) is 6.47. The molecule has 3 nitrogen and oxygen atoms in total. The lowest BCUT2D eigenvalue weighted by molar-refractivity contribution is 1.31. The van der Waals surface area contributed by atoms with Gasteiger partial charge in [0, 0.05) is 10.7 Å². The number of nitrogens with zero attached hydrogens (tertiary/aromatic N) is 2. The molecule has 16 heavy (non-hydrogen) atoms. The van der Waals surface area contributed by atoms with Crippen molar-refractivity contribution in [2.75, 3.05) is 0 Å². The number of fused-ring (bicyclic) bond motifs is 1. The van der Waals surface area contributed by atoms with E-state index < -0.39 is 0 Å². The summed E-state index contributed by atoms with van der Waals surface area (Å²) in [6.45, 7) is 2.05. The van der Waals surface area contributed by atoms with Crippen molar-refractivity contribution >= 4 is 38.4 Å². The molecule has 0 amide bonds. The van der Waals surface area contributed by atoms with E-state index in [0.29, 0.717) is 0 Å². The first kappa shape index (κ1) is 9.99. The number of pyridine rings is 1. The van der Waals surface area contributed by atoms with Crippen molar-refractivity contribution in [3.63, 3.8) is 0 Å². The second-order valence-corrected chi connectivity index (χ2v) is 5.28. The van der Waals surface area contributed by atoms with Gasteiger partial charge in [-0.1, -0.05) is 0 Å². The van der Waals surface area contributed by atoms with Crippen molar-refractivity contribution < 1.29 is 0 Å². The normalized spacial score (nSPS) is 11.1. The molecule has 0 fully saturated rings. The van der Waals surface area contributed by atoms with Crippen LogP contribution in [0, 0.1) is 6.92 Å². The summed E-state index contributed by atoms with van der Waals surface area (Å²) in [4.78, 5) is 13.2. The van der Waals surface area contributed by atoms with Crippen molar-refractivity contribution in [2.24, 2.45) is 0 Å². The van der Waals surface area contributed by atoms with Crippen LogP contribution in [0.1, 0.15) is 5.56 Å². The molecule has 80 valence electrons. The Hall–Kier alpha value is -1.20. The molecule has 0 aliphatic carbocycles. The number of thiophene rings is 1. The molecule has 5 heteroatoms. The second-order valence-electron chi connectivity index (χ2n) is 3.51. The number of imidazole rings is 1. The van der Waals surface area contributed by atoms with Gasteiger partial charge in [-0.3, -0.25) is 0 Å². The van der Waals surface area contributed by atoms with Crippen LogP contribution in [0.3, 0.4) is 0 Å². The van der Waals surface area contributed by atoms with Crippen molar-refractivity contribution in [3.05, 3.63) is 33.7 Å². The van der Waals surface area contributed by atoms with Gasteiger partial charge < -0.3 is 4.98 Å². The van der Waals surface area contributed by atoms with Gasteiger partial charge in [0.05, 0.1) is 10.4 Å². The van der Waals surface area contributed by atoms with Crippen LogP contribution in [-0.2, 0) is 0 Å². The molecule has 0 radical (unpaired) electrons. The van der Waals surface area contributed by atoms with Crippen LogP contribution in [0.25, 0.3) is 21.9 Å². The molecule has 0 unspecified atom stereocenters. The summed E-state index contributed by atoms with van der Waals surface area (Å²) in [5.41, 5.74) is 2.95. The topological polar surface area (TPSA) is 41.6 Å². The van der Waals surface area contributed by atoms with Crippen LogP contribution in [0.5, 0.6) is 0 Å². The molecule has 3 aromatic rings. The fourth-order valence-electron chi connectivity index (χ4n) is 1.61. The van der Waals surface area contributed by atoms with Gasteiger partial charge >= 0.3 is 0 Å². The SMILES string of the molecule is Cc1ccnc2nc(-c3sccc3Br)[nH]c12. The lowest BCUT2D eigenvalue weighted by Gasteiger charge is -1.92.